The zero-order chi connectivity index (χ0) is 26.6. The number of halogens is 1. The number of phenolic OH excluding ortho intramolecular Hbond substituents is 1. The van der Waals surface area contributed by atoms with Crippen molar-refractivity contribution in [1.82, 2.24) is 10.4 Å². The van der Waals surface area contributed by atoms with Crippen molar-refractivity contribution in [3.05, 3.63) is 118 Å². The molecule has 0 saturated carbocycles. The molecule has 4 aromatic rings. The second-order valence-electron chi connectivity index (χ2n) is 8.55. The SMILES string of the molecule is COc1cccc(C2Nc3ccc(Br)cc3C(=O)N2NC(=O)c2ccc(OCc3ccccc3)cc2)c1O. The largest absolute Gasteiger partial charge is 0.504 e. The number of benzene rings is 4. The molecule has 0 spiro atoms. The van der Waals surface area contributed by atoms with E-state index in [9.17, 15) is 14.7 Å². The van der Waals surface area contributed by atoms with Crippen molar-refractivity contribution < 1.29 is 24.2 Å². The number of hydrogen-bond donors (Lipinski definition) is 3. The van der Waals surface area contributed by atoms with E-state index in [4.69, 9.17) is 9.47 Å². The number of ether oxygens (including phenoxy) is 2. The molecule has 9 heteroatoms. The van der Waals surface area contributed by atoms with Gasteiger partial charge in [-0.25, -0.2) is 5.01 Å². The topological polar surface area (TPSA) is 100 Å². The maximum atomic E-state index is 13.6. The number of nitrogens with one attached hydrogen (secondary N) is 2. The maximum Gasteiger partial charge on any atom is 0.276 e. The number of carbonyl (C=O) groups is 2. The van der Waals surface area contributed by atoms with Gasteiger partial charge < -0.3 is 19.9 Å². The third kappa shape index (κ3) is 5.14. The van der Waals surface area contributed by atoms with E-state index in [-0.39, 0.29) is 11.5 Å². The van der Waals surface area contributed by atoms with Crippen molar-refractivity contribution in [2.24, 2.45) is 0 Å². The van der Waals surface area contributed by atoms with E-state index in [2.05, 4.69) is 26.7 Å². The molecule has 2 amide bonds. The van der Waals surface area contributed by atoms with Crippen molar-refractivity contribution >= 4 is 33.4 Å². The molecule has 1 atom stereocenters. The summed E-state index contributed by atoms with van der Waals surface area (Å²) in [7, 11) is 1.44. The number of rotatable bonds is 7. The standard InChI is InChI=1S/C29H24BrN3O5/c1-37-25-9-5-8-22(26(25)34)27-31-24-15-12-20(30)16-23(24)29(36)33(27)32-28(35)19-10-13-21(14-11-19)38-17-18-6-3-2-4-7-18/h2-16,27,31,34H,17H2,1H3,(H,32,35). The van der Waals surface area contributed by atoms with Crippen LogP contribution in [0.5, 0.6) is 17.2 Å². The Morgan fingerprint density at radius 1 is 1.03 bits per heavy atom. The number of nitrogens with zero attached hydrogens (tertiary/aromatic N) is 1. The van der Waals surface area contributed by atoms with Crippen LogP contribution in [0.2, 0.25) is 0 Å². The van der Waals surface area contributed by atoms with Crippen LogP contribution in [-0.4, -0.2) is 29.0 Å². The number of fused-ring (bicyclic) bond motifs is 1. The Balaban J connectivity index is 1.40. The van der Waals surface area contributed by atoms with Gasteiger partial charge in [-0.3, -0.25) is 15.0 Å². The number of phenols is 1. The first kappa shape index (κ1) is 25.2. The van der Waals surface area contributed by atoms with Gasteiger partial charge in [0.05, 0.1) is 12.7 Å². The molecule has 1 aliphatic rings. The summed E-state index contributed by atoms with van der Waals surface area (Å²) < 4.78 is 11.8. The number of amides is 2. The number of methoxy groups -OCH3 is 1. The molecule has 0 aromatic heterocycles. The summed E-state index contributed by atoms with van der Waals surface area (Å²) in [6.07, 6.45) is -0.899. The van der Waals surface area contributed by atoms with Crippen LogP contribution >= 0.6 is 15.9 Å². The van der Waals surface area contributed by atoms with Crippen LogP contribution in [0.25, 0.3) is 0 Å². The van der Waals surface area contributed by atoms with E-state index in [1.165, 1.54) is 12.1 Å². The van der Waals surface area contributed by atoms with Crippen LogP contribution in [0.3, 0.4) is 0 Å². The molecular formula is C29H24BrN3O5. The maximum absolute atomic E-state index is 13.6. The van der Waals surface area contributed by atoms with Crippen LogP contribution in [0, 0.1) is 0 Å². The zero-order valence-corrected chi connectivity index (χ0v) is 21.9. The number of anilines is 1. The lowest BCUT2D eigenvalue weighted by atomic mass is 10.0. The highest BCUT2D eigenvalue weighted by Crippen LogP contribution is 2.40. The molecule has 38 heavy (non-hydrogen) atoms. The van der Waals surface area contributed by atoms with E-state index in [1.807, 2.05) is 30.3 Å². The molecular weight excluding hydrogens is 550 g/mol. The van der Waals surface area contributed by atoms with Crippen LogP contribution in [0.4, 0.5) is 5.69 Å². The molecule has 0 aliphatic carbocycles. The Morgan fingerprint density at radius 2 is 1.79 bits per heavy atom. The van der Waals surface area contributed by atoms with Gasteiger partial charge in [0, 0.05) is 21.3 Å². The number of hydrazine groups is 1. The van der Waals surface area contributed by atoms with E-state index in [0.717, 1.165) is 5.56 Å². The molecule has 0 radical (unpaired) electrons. The summed E-state index contributed by atoms with van der Waals surface area (Å²) in [4.78, 5) is 26.8. The molecule has 1 heterocycles. The third-order valence-corrected chi connectivity index (χ3v) is 6.61. The highest BCUT2D eigenvalue weighted by atomic mass is 79.9. The smallest absolute Gasteiger partial charge is 0.276 e. The zero-order valence-electron chi connectivity index (χ0n) is 20.4. The fraction of sp³-hybridized carbons (Fsp3) is 0.103. The third-order valence-electron chi connectivity index (χ3n) is 6.11. The lowest BCUT2D eigenvalue weighted by molar-refractivity contribution is 0.0488. The molecule has 3 N–H and O–H groups in total. The average Bonchev–Trinajstić information content (AvgIpc) is 2.94. The minimum absolute atomic E-state index is 0.139. The monoisotopic (exact) mass is 573 g/mol. The highest BCUT2D eigenvalue weighted by Gasteiger charge is 2.36. The predicted molar refractivity (Wildman–Crippen MR) is 146 cm³/mol. The lowest BCUT2D eigenvalue weighted by Gasteiger charge is -2.38. The minimum atomic E-state index is -0.899. The number of carbonyl (C=O) groups excluding carboxylic acids is 2. The van der Waals surface area contributed by atoms with Gasteiger partial charge >= 0.3 is 0 Å². The molecule has 0 saturated heterocycles. The van der Waals surface area contributed by atoms with Gasteiger partial charge in [0.2, 0.25) is 0 Å². The summed E-state index contributed by atoms with van der Waals surface area (Å²) in [5, 5.41) is 15.2. The van der Waals surface area contributed by atoms with Gasteiger partial charge in [0.1, 0.15) is 12.4 Å². The molecule has 4 aromatic carbocycles. The Hall–Kier alpha value is -4.50. The van der Waals surface area contributed by atoms with Crippen LogP contribution in [-0.2, 0) is 6.61 Å². The molecule has 0 bridgehead atoms. The molecule has 1 aliphatic heterocycles. The van der Waals surface area contributed by atoms with E-state index < -0.39 is 18.0 Å². The van der Waals surface area contributed by atoms with Crippen molar-refractivity contribution in [2.45, 2.75) is 12.8 Å². The summed E-state index contributed by atoms with van der Waals surface area (Å²) in [5.41, 5.74) is 5.36. The van der Waals surface area contributed by atoms with Gasteiger partial charge in [-0.15, -0.1) is 0 Å². The van der Waals surface area contributed by atoms with Crippen molar-refractivity contribution in [1.29, 1.82) is 0 Å². The molecule has 0 fully saturated rings. The quantitative estimate of drug-likeness (QED) is 0.264. The molecule has 192 valence electrons. The van der Waals surface area contributed by atoms with E-state index in [1.54, 1.807) is 60.7 Å². The summed E-state index contributed by atoms with van der Waals surface area (Å²) >= 11 is 3.40. The average molecular weight is 574 g/mol. The van der Waals surface area contributed by atoms with Gasteiger partial charge in [-0.2, -0.15) is 0 Å². The van der Waals surface area contributed by atoms with Crippen LogP contribution in [0.15, 0.2) is 95.5 Å². The van der Waals surface area contributed by atoms with Gasteiger partial charge in [-0.05, 0) is 54.1 Å². The van der Waals surface area contributed by atoms with E-state index in [0.29, 0.717) is 39.2 Å². The Kier molecular flexibility index (Phi) is 7.19. The normalized spacial score (nSPS) is 14.3. The predicted octanol–water partition coefficient (Wildman–Crippen LogP) is 5.65. The van der Waals surface area contributed by atoms with Crippen LogP contribution in [0.1, 0.15) is 38.0 Å². The highest BCUT2D eigenvalue weighted by molar-refractivity contribution is 9.10. The second-order valence-corrected chi connectivity index (χ2v) is 9.47. The first-order valence-corrected chi connectivity index (χ1v) is 12.6. The summed E-state index contributed by atoms with van der Waals surface area (Å²) in [5.74, 6) is -0.223. The Bertz CT molecular complexity index is 1480. The molecule has 1 unspecified atom stereocenters. The molecule has 5 rings (SSSR count). The Morgan fingerprint density at radius 3 is 2.53 bits per heavy atom. The fourth-order valence-electron chi connectivity index (χ4n) is 4.15. The summed E-state index contributed by atoms with van der Waals surface area (Å²) in [6.45, 7) is 0.404. The van der Waals surface area contributed by atoms with Gasteiger partial charge in [0.15, 0.2) is 17.7 Å². The van der Waals surface area contributed by atoms with Gasteiger partial charge in [-0.1, -0.05) is 58.4 Å². The van der Waals surface area contributed by atoms with Crippen LogP contribution < -0.4 is 20.2 Å². The first-order valence-electron chi connectivity index (χ1n) is 11.8. The Labute approximate surface area is 227 Å². The fourth-order valence-corrected chi connectivity index (χ4v) is 4.51. The molecule has 8 nitrogen and oxygen atoms in total. The van der Waals surface area contributed by atoms with Crippen molar-refractivity contribution in [3.63, 3.8) is 0 Å². The first-order chi connectivity index (χ1) is 18.4. The second kappa shape index (κ2) is 10.9. The number of hydrogen-bond acceptors (Lipinski definition) is 6. The minimum Gasteiger partial charge on any atom is -0.504 e. The van der Waals surface area contributed by atoms with Crippen molar-refractivity contribution in [2.75, 3.05) is 12.4 Å². The lowest BCUT2D eigenvalue weighted by Crippen LogP contribution is -2.52. The van der Waals surface area contributed by atoms with Gasteiger partial charge in [0.25, 0.3) is 11.8 Å². The summed E-state index contributed by atoms with van der Waals surface area (Å²) in [6, 6.07) is 26.6. The van der Waals surface area contributed by atoms with Crippen molar-refractivity contribution in [3.8, 4) is 17.2 Å². The number of aromatic hydroxyl groups is 1. The van der Waals surface area contributed by atoms with E-state index >= 15 is 0 Å². The number of para-hydroxylation sites is 1.